The fourth-order valence-corrected chi connectivity index (χ4v) is 1.89. The maximum absolute atomic E-state index is 11.6. The summed E-state index contributed by atoms with van der Waals surface area (Å²) in [5.41, 5.74) is 0. The number of carbonyl (C=O) groups is 1. The molecule has 94 valence electrons. The predicted molar refractivity (Wildman–Crippen MR) is 64.4 cm³/mol. The van der Waals surface area contributed by atoms with Gasteiger partial charge in [-0.2, -0.15) is 0 Å². The lowest BCUT2D eigenvalue weighted by Crippen LogP contribution is -2.44. The molecule has 16 heavy (non-hydrogen) atoms. The van der Waals surface area contributed by atoms with Crippen LogP contribution in [0.1, 0.15) is 33.1 Å². The molecule has 1 N–H and O–H groups in total. The molecule has 0 spiro atoms. The molecule has 0 saturated carbocycles. The number of nitrogens with one attached hydrogen (secondary N) is 1. The van der Waals surface area contributed by atoms with E-state index >= 15 is 0 Å². The molecule has 4 heteroatoms. The van der Waals surface area contributed by atoms with Crippen LogP contribution in [0, 0.1) is 0 Å². The lowest BCUT2D eigenvalue weighted by Gasteiger charge is -2.30. The first-order valence-corrected chi connectivity index (χ1v) is 6.26. The van der Waals surface area contributed by atoms with Crippen LogP contribution in [0.5, 0.6) is 0 Å². The van der Waals surface area contributed by atoms with Gasteiger partial charge in [0.1, 0.15) is 0 Å². The molecule has 0 aromatic carbocycles. The summed E-state index contributed by atoms with van der Waals surface area (Å²) >= 11 is 0. The van der Waals surface area contributed by atoms with Crippen LogP contribution < -0.4 is 5.32 Å². The monoisotopic (exact) mass is 228 g/mol. The summed E-state index contributed by atoms with van der Waals surface area (Å²) in [6.07, 6.45) is 3.46. The third kappa shape index (κ3) is 4.10. The van der Waals surface area contributed by atoms with Crippen LogP contribution >= 0.6 is 0 Å². The van der Waals surface area contributed by atoms with Crippen LogP contribution in [0.3, 0.4) is 0 Å². The first kappa shape index (κ1) is 13.5. The summed E-state index contributed by atoms with van der Waals surface area (Å²) in [6, 6.07) is 0.438. The largest absolute Gasteiger partial charge is 0.378 e. The Labute approximate surface area is 98.3 Å². The third-order valence-electron chi connectivity index (χ3n) is 3.26. The lowest BCUT2D eigenvalue weighted by molar-refractivity contribution is -0.129. The number of carbonyl (C=O) groups excluding carboxylic acids is 1. The Morgan fingerprint density at radius 1 is 1.50 bits per heavy atom. The maximum atomic E-state index is 11.6. The van der Waals surface area contributed by atoms with Crippen LogP contribution in [0.4, 0.5) is 0 Å². The summed E-state index contributed by atoms with van der Waals surface area (Å²) in [5.74, 6) is 0.169. The van der Waals surface area contributed by atoms with Crippen molar-refractivity contribution < 1.29 is 9.53 Å². The molecular weight excluding hydrogens is 204 g/mol. The van der Waals surface area contributed by atoms with Crippen LogP contribution in [-0.2, 0) is 9.53 Å². The van der Waals surface area contributed by atoms with Crippen molar-refractivity contribution in [3.63, 3.8) is 0 Å². The molecule has 2 unspecified atom stereocenters. The van der Waals surface area contributed by atoms with Crippen molar-refractivity contribution >= 4 is 5.91 Å². The fraction of sp³-hybridized carbons (Fsp3) is 0.917. The van der Waals surface area contributed by atoms with E-state index in [4.69, 9.17) is 4.74 Å². The summed E-state index contributed by atoms with van der Waals surface area (Å²) in [5, 5.41) is 3.33. The lowest BCUT2D eigenvalue weighted by atomic mass is 10.0. The topological polar surface area (TPSA) is 41.6 Å². The van der Waals surface area contributed by atoms with Gasteiger partial charge in [-0.25, -0.2) is 0 Å². The second-order valence-electron chi connectivity index (χ2n) is 4.41. The molecule has 2 atom stereocenters. The van der Waals surface area contributed by atoms with Gasteiger partial charge in [0.25, 0.3) is 0 Å². The zero-order chi connectivity index (χ0) is 12.0. The van der Waals surface area contributed by atoms with Crippen LogP contribution in [-0.4, -0.2) is 49.7 Å². The zero-order valence-electron chi connectivity index (χ0n) is 10.7. The standard InChI is InChI=1S/C12H24N2O2/c1-4-11-8-10(6-7-16-11)13-9-12(15)14(3)5-2/h10-11,13H,4-9H2,1-3H3. The van der Waals surface area contributed by atoms with Gasteiger partial charge in [0, 0.05) is 26.2 Å². The summed E-state index contributed by atoms with van der Waals surface area (Å²) in [7, 11) is 1.84. The van der Waals surface area contributed by atoms with E-state index in [0.29, 0.717) is 18.7 Å². The van der Waals surface area contributed by atoms with Gasteiger partial charge in [-0.15, -0.1) is 0 Å². The molecule has 1 rings (SSSR count). The number of hydrogen-bond acceptors (Lipinski definition) is 3. The number of hydrogen-bond donors (Lipinski definition) is 1. The van der Waals surface area contributed by atoms with Gasteiger partial charge in [0.2, 0.25) is 5.91 Å². The molecule has 0 bridgehead atoms. The Morgan fingerprint density at radius 2 is 2.25 bits per heavy atom. The normalized spacial score (nSPS) is 25.4. The minimum Gasteiger partial charge on any atom is -0.378 e. The van der Waals surface area contributed by atoms with Crippen LogP contribution in [0.15, 0.2) is 0 Å². The molecule has 0 radical (unpaired) electrons. The number of amides is 1. The Kier molecular flexibility index (Phi) is 5.77. The smallest absolute Gasteiger partial charge is 0.236 e. The van der Waals surface area contributed by atoms with Gasteiger partial charge in [-0.05, 0) is 26.2 Å². The molecule has 1 aliphatic rings. The van der Waals surface area contributed by atoms with Gasteiger partial charge in [-0.3, -0.25) is 4.79 Å². The van der Waals surface area contributed by atoms with E-state index < -0.39 is 0 Å². The number of rotatable bonds is 5. The second-order valence-corrected chi connectivity index (χ2v) is 4.41. The van der Waals surface area contributed by atoms with Crippen molar-refractivity contribution in [3.05, 3.63) is 0 Å². The van der Waals surface area contributed by atoms with E-state index in [2.05, 4.69) is 12.2 Å². The molecule has 0 aromatic rings. The van der Waals surface area contributed by atoms with Crippen molar-refractivity contribution in [2.75, 3.05) is 26.7 Å². The Hall–Kier alpha value is -0.610. The summed E-state index contributed by atoms with van der Waals surface area (Å²) < 4.78 is 5.60. The molecule has 1 amide bonds. The molecule has 4 nitrogen and oxygen atoms in total. The minimum atomic E-state index is 0.169. The Balaban J connectivity index is 2.24. The van der Waals surface area contributed by atoms with Gasteiger partial charge in [0.15, 0.2) is 0 Å². The van der Waals surface area contributed by atoms with Crippen molar-refractivity contribution in [1.82, 2.24) is 10.2 Å². The molecule has 0 aromatic heterocycles. The van der Waals surface area contributed by atoms with E-state index in [-0.39, 0.29) is 5.91 Å². The second kappa shape index (κ2) is 6.86. The van der Waals surface area contributed by atoms with E-state index in [9.17, 15) is 4.79 Å². The van der Waals surface area contributed by atoms with Crippen LogP contribution in [0.25, 0.3) is 0 Å². The van der Waals surface area contributed by atoms with E-state index in [1.165, 1.54) is 0 Å². The average Bonchev–Trinajstić information content (AvgIpc) is 2.35. The van der Waals surface area contributed by atoms with Crippen molar-refractivity contribution in [2.45, 2.75) is 45.3 Å². The highest BCUT2D eigenvalue weighted by Crippen LogP contribution is 2.15. The molecule has 1 heterocycles. The van der Waals surface area contributed by atoms with E-state index in [0.717, 1.165) is 32.4 Å². The predicted octanol–water partition coefficient (Wildman–Crippen LogP) is 1.01. The maximum Gasteiger partial charge on any atom is 0.236 e. The SMILES string of the molecule is CCC1CC(NCC(=O)N(C)CC)CCO1. The molecule has 0 aliphatic carbocycles. The number of likely N-dealkylation sites (N-methyl/N-ethyl adjacent to an activating group) is 1. The van der Waals surface area contributed by atoms with Gasteiger partial charge in [0.05, 0.1) is 12.6 Å². The average molecular weight is 228 g/mol. The third-order valence-corrected chi connectivity index (χ3v) is 3.26. The quantitative estimate of drug-likeness (QED) is 0.763. The van der Waals surface area contributed by atoms with E-state index in [1.54, 1.807) is 4.90 Å². The first-order chi connectivity index (χ1) is 7.67. The highest BCUT2D eigenvalue weighted by molar-refractivity contribution is 5.77. The van der Waals surface area contributed by atoms with Gasteiger partial charge in [-0.1, -0.05) is 6.92 Å². The van der Waals surface area contributed by atoms with Crippen molar-refractivity contribution in [1.29, 1.82) is 0 Å². The molecule has 1 aliphatic heterocycles. The van der Waals surface area contributed by atoms with Gasteiger partial charge < -0.3 is 15.0 Å². The number of ether oxygens (including phenoxy) is 1. The molecule has 1 saturated heterocycles. The Bertz CT molecular complexity index is 221. The first-order valence-electron chi connectivity index (χ1n) is 6.26. The Morgan fingerprint density at radius 3 is 2.88 bits per heavy atom. The van der Waals surface area contributed by atoms with Crippen LogP contribution in [0.2, 0.25) is 0 Å². The highest BCUT2D eigenvalue weighted by Gasteiger charge is 2.21. The number of nitrogens with zero attached hydrogens (tertiary/aromatic N) is 1. The molecule has 1 fully saturated rings. The van der Waals surface area contributed by atoms with E-state index in [1.807, 2.05) is 14.0 Å². The van der Waals surface area contributed by atoms with Gasteiger partial charge >= 0.3 is 0 Å². The van der Waals surface area contributed by atoms with Crippen molar-refractivity contribution in [3.8, 4) is 0 Å². The fourth-order valence-electron chi connectivity index (χ4n) is 1.89. The zero-order valence-corrected chi connectivity index (χ0v) is 10.7. The highest BCUT2D eigenvalue weighted by atomic mass is 16.5. The molecular formula is C12H24N2O2. The minimum absolute atomic E-state index is 0.169. The summed E-state index contributed by atoms with van der Waals surface area (Å²) in [4.78, 5) is 13.3. The van der Waals surface area contributed by atoms with Crippen molar-refractivity contribution in [2.24, 2.45) is 0 Å². The summed E-state index contributed by atoms with van der Waals surface area (Å²) in [6.45, 7) is 6.16.